The summed E-state index contributed by atoms with van der Waals surface area (Å²) in [5.74, 6) is -1.09. The second-order valence-corrected chi connectivity index (χ2v) is 10.5. The highest BCUT2D eigenvalue weighted by Crippen LogP contribution is 2.40. The summed E-state index contributed by atoms with van der Waals surface area (Å²) in [5, 5.41) is 14.6. The standard InChI is InChI=1S/C25H23N3O3S3/c1-16-10-12-18(13-11-16)33-24-19(22(26-27(24)2)17-7-4-3-5-8-17)15-20-23(31)28(25(32)34-20)14-6-9-21(29)30/h3-5,7-8,10-13,15H,6,9,14H2,1-2H3,(H,29,30)/b20-15-. The highest BCUT2D eigenvalue weighted by atomic mass is 32.2. The van der Waals surface area contributed by atoms with Crippen LogP contribution in [0.1, 0.15) is 24.0 Å². The fraction of sp³-hybridized carbons (Fsp3) is 0.200. The number of carbonyl (C=O) groups excluding carboxylic acids is 1. The molecule has 0 bridgehead atoms. The van der Waals surface area contributed by atoms with Gasteiger partial charge in [-0.3, -0.25) is 19.2 Å². The number of nitrogens with zero attached hydrogens (tertiary/aromatic N) is 3. The molecule has 4 rings (SSSR count). The second kappa shape index (κ2) is 10.6. The number of rotatable bonds is 8. The molecule has 0 aliphatic carbocycles. The molecule has 1 aliphatic heterocycles. The van der Waals surface area contributed by atoms with Crippen molar-refractivity contribution in [1.29, 1.82) is 0 Å². The molecule has 9 heteroatoms. The second-order valence-electron chi connectivity index (χ2n) is 7.80. The maximum atomic E-state index is 13.1. The van der Waals surface area contributed by atoms with Gasteiger partial charge in [-0.25, -0.2) is 0 Å². The third-order valence-electron chi connectivity index (χ3n) is 5.23. The van der Waals surface area contributed by atoms with E-state index in [-0.39, 0.29) is 18.9 Å². The molecule has 3 aromatic rings. The molecule has 0 radical (unpaired) electrons. The number of carbonyl (C=O) groups is 2. The van der Waals surface area contributed by atoms with Crippen LogP contribution in [-0.4, -0.2) is 42.5 Å². The van der Waals surface area contributed by atoms with Gasteiger partial charge in [-0.05, 0) is 31.6 Å². The summed E-state index contributed by atoms with van der Waals surface area (Å²) in [6, 6.07) is 18.1. The van der Waals surface area contributed by atoms with Crippen molar-refractivity contribution in [3.63, 3.8) is 0 Å². The van der Waals surface area contributed by atoms with Gasteiger partial charge in [-0.2, -0.15) is 5.10 Å². The Morgan fingerprint density at radius 1 is 1.18 bits per heavy atom. The average molecular weight is 510 g/mol. The molecule has 6 nitrogen and oxygen atoms in total. The first kappa shape index (κ1) is 24.3. The van der Waals surface area contributed by atoms with Crippen LogP contribution in [0.3, 0.4) is 0 Å². The molecule has 1 amide bonds. The van der Waals surface area contributed by atoms with Crippen LogP contribution in [0.15, 0.2) is 69.4 Å². The molecule has 174 valence electrons. The molecule has 0 saturated carbocycles. The van der Waals surface area contributed by atoms with E-state index < -0.39 is 5.97 Å². The zero-order valence-electron chi connectivity index (χ0n) is 18.7. The predicted molar refractivity (Wildman–Crippen MR) is 141 cm³/mol. The van der Waals surface area contributed by atoms with E-state index in [1.807, 2.05) is 48.1 Å². The summed E-state index contributed by atoms with van der Waals surface area (Å²) in [4.78, 5) is 27.1. The highest BCUT2D eigenvalue weighted by Gasteiger charge is 2.32. The van der Waals surface area contributed by atoms with Crippen LogP contribution in [0.4, 0.5) is 0 Å². The first-order valence-corrected chi connectivity index (χ1v) is 12.7. The maximum Gasteiger partial charge on any atom is 0.303 e. The SMILES string of the molecule is Cc1ccc(Sc2c(/C=C3\SC(=S)N(CCCC(=O)O)C3=O)c(-c3ccccc3)nn2C)cc1. The molecule has 1 aromatic heterocycles. The fourth-order valence-corrected chi connectivity index (χ4v) is 5.74. The zero-order chi connectivity index (χ0) is 24.2. The van der Waals surface area contributed by atoms with Gasteiger partial charge in [0.1, 0.15) is 15.0 Å². The lowest BCUT2D eigenvalue weighted by atomic mass is 10.1. The summed E-state index contributed by atoms with van der Waals surface area (Å²) >= 11 is 8.26. The molecule has 1 aliphatic rings. The van der Waals surface area contributed by atoms with Crippen LogP contribution in [0.2, 0.25) is 0 Å². The van der Waals surface area contributed by atoms with Gasteiger partial charge in [0.25, 0.3) is 5.91 Å². The lowest BCUT2D eigenvalue weighted by molar-refractivity contribution is -0.137. The largest absolute Gasteiger partial charge is 0.481 e. The lowest BCUT2D eigenvalue weighted by Crippen LogP contribution is -2.29. The van der Waals surface area contributed by atoms with Crippen molar-refractivity contribution in [2.75, 3.05) is 6.54 Å². The van der Waals surface area contributed by atoms with Gasteiger partial charge in [0.2, 0.25) is 0 Å². The Kier molecular flexibility index (Phi) is 7.55. The number of thioether (sulfide) groups is 1. The van der Waals surface area contributed by atoms with Crippen molar-refractivity contribution in [3.8, 4) is 11.3 Å². The Bertz CT molecular complexity index is 1270. The minimum absolute atomic E-state index is 0.00575. The normalized spacial score (nSPS) is 14.9. The van der Waals surface area contributed by atoms with E-state index in [9.17, 15) is 9.59 Å². The first-order valence-electron chi connectivity index (χ1n) is 10.7. The molecule has 1 saturated heterocycles. The van der Waals surface area contributed by atoms with Gasteiger partial charge in [-0.15, -0.1) is 0 Å². The van der Waals surface area contributed by atoms with Crippen molar-refractivity contribution in [2.24, 2.45) is 7.05 Å². The lowest BCUT2D eigenvalue weighted by Gasteiger charge is -2.13. The van der Waals surface area contributed by atoms with Crippen molar-refractivity contribution in [3.05, 3.63) is 70.6 Å². The van der Waals surface area contributed by atoms with E-state index >= 15 is 0 Å². The molecule has 0 unspecified atom stereocenters. The Morgan fingerprint density at radius 3 is 2.56 bits per heavy atom. The van der Waals surface area contributed by atoms with Crippen LogP contribution in [0, 0.1) is 6.92 Å². The molecule has 2 heterocycles. The van der Waals surface area contributed by atoms with E-state index in [1.54, 1.807) is 11.8 Å². The summed E-state index contributed by atoms with van der Waals surface area (Å²) in [5.41, 5.74) is 3.78. The smallest absolute Gasteiger partial charge is 0.303 e. The van der Waals surface area contributed by atoms with Crippen LogP contribution < -0.4 is 0 Å². The van der Waals surface area contributed by atoms with Gasteiger partial charge < -0.3 is 5.11 Å². The number of aromatic nitrogens is 2. The van der Waals surface area contributed by atoms with Crippen LogP contribution in [0.25, 0.3) is 17.3 Å². The Balaban J connectivity index is 1.72. The van der Waals surface area contributed by atoms with E-state index in [4.69, 9.17) is 22.4 Å². The average Bonchev–Trinajstić information content (AvgIpc) is 3.26. The molecular formula is C25H23N3O3S3. The Labute approximate surface area is 212 Å². The Hall–Kier alpha value is -2.88. The third-order valence-corrected chi connectivity index (χ3v) is 7.80. The van der Waals surface area contributed by atoms with E-state index in [0.29, 0.717) is 15.6 Å². The number of hydrogen-bond donors (Lipinski definition) is 1. The monoisotopic (exact) mass is 509 g/mol. The number of aryl methyl sites for hydroxylation is 2. The molecule has 34 heavy (non-hydrogen) atoms. The van der Waals surface area contributed by atoms with Crippen molar-refractivity contribution >= 4 is 58.0 Å². The minimum atomic E-state index is -0.887. The minimum Gasteiger partial charge on any atom is -0.481 e. The molecule has 0 atom stereocenters. The van der Waals surface area contributed by atoms with Crippen LogP contribution in [-0.2, 0) is 16.6 Å². The van der Waals surface area contributed by atoms with E-state index in [0.717, 1.165) is 26.7 Å². The summed E-state index contributed by atoms with van der Waals surface area (Å²) in [6.07, 6.45) is 2.21. The topological polar surface area (TPSA) is 75.4 Å². The number of carboxylic acid groups (broad SMARTS) is 1. The fourth-order valence-electron chi connectivity index (χ4n) is 3.52. The number of aliphatic carboxylic acids is 1. The number of amides is 1. The zero-order valence-corrected chi connectivity index (χ0v) is 21.2. The van der Waals surface area contributed by atoms with Gasteiger partial charge in [-0.1, -0.05) is 83.8 Å². The summed E-state index contributed by atoms with van der Waals surface area (Å²) in [7, 11) is 1.90. The van der Waals surface area contributed by atoms with E-state index in [1.165, 1.54) is 22.2 Å². The van der Waals surface area contributed by atoms with Gasteiger partial charge in [0.15, 0.2) is 0 Å². The Morgan fingerprint density at radius 2 is 1.88 bits per heavy atom. The molecule has 2 aromatic carbocycles. The number of benzene rings is 2. The van der Waals surface area contributed by atoms with Gasteiger partial charge in [0.05, 0.1) is 4.91 Å². The van der Waals surface area contributed by atoms with Gasteiger partial charge in [0, 0.05) is 36.0 Å². The summed E-state index contributed by atoms with van der Waals surface area (Å²) < 4.78 is 2.28. The number of carboxylic acids is 1. The van der Waals surface area contributed by atoms with Crippen molar-refractivity contribution in [1.82, 2.24) is 14.7 Å². The first-order chi connectivity index (χ1) is 16.3. The molecule has 0 spiro atoms. The third kappa shape index (κ3) is 5.43. The number of hydrogen-bond acceptors (Lipinski definition) is 6. The van der Waals surface area contributed by atoms with Crippen LogP contribution in [0.5, 0.6) is 0 Å². The molecule has 1 N–H and O–H groups in total. The van der Waals surface area contributed by atoms with Crippen molar-refractivity contribution in [2.45, 2.75) is 29.7 Å². The van der Waals surface area contributed by atoms with Gasteiger partial charge >= 0.3 is 5.97 Å². The van der Waals surface area contributed by atoms with E-state index in [2.05, 4.69) is 31.2 Å². The molecule has 1 fully saturated rings. The van der Waals surface area contributed by atoms with Crippen LogP contribution >= 0.6 is 35.7 Å². The predicted octanol–water partition coefficient (Wildman–Crippen LogP) is 5.61. The maximum absolute atomic E-state index is 13.1. The summed E-state index contributed by atoms with van der Waals surface area (Å²) in [6.45, 7) is 2.34. The molecular weight excluding hydrogens is 486 g/mol. The number of thiocarbonyl (C=S) groups is 1. The highest BCUT2D eigenvalue weighted by molar-refractivity contribution is 8.26. The quantitative estimate of drug-likeness (QED) is 0.312. The van der Waals surface area contributed by atoms with Crippen molar-refractivity contribution < 1.29 is 14.7 Å².